The van der Waals surface area contributed by atoms with Gasteiger partial charge in [0.05, 0.1) is 11.8 Å². The number of aliphatic imine (C=N–C) groups is 1. The quantitative estimate of drug-likeness (QED) is 0.513. The Labute approximate surface area is 206 Å². The van der Waals surface area contributed by atoms with Gasteiger partial charge in [-0.3, -0.25) is 9.59 Å². The van der Waals surface area contributed by atoms with Crippen LogP contribution in [0.5, 0.6) is 0 Å². The predicted molar refractivity (Wildman–Crippen MR) is 137 cm³/mol. The fourth-order valence-electron chi connectivity index (χ4n) is 3.94. The number of amides is 2. The fraction of sp³-hybridized carbons (Fsp3) is 0.154. The van der Waals surface area contributed by atoms with Crippen LogP contribution in [-0.4, -0.2) is 33.0 Å². The van der Waals surface area contributed by atoms with Gasteiger partial charge < -0.3 is 5.32 Å². The molecule has 0 aromatic heterocycles. The maximum absolute atomic E-state index is 12.7. The highest BCUT2D eigenvalue weighted by atomic mass is 35.5. The number of hydrogen-bond acceptors (Lipinski definition) is 5. The Bertz CT molecular complexity index is 1260. The number of nitrogens with zero attached hydrogens (tertiary/aromatic N) is 3. The summed E-state index contributed by atoms with van der Waals surface area (Å²) in [6, 6.07) is 26.7. The van der Waals surface area contributed by atoms with Crippen molar-refractivity contribution >= 4 is 51.7 Å². The van der Waals surface area contributed by atoms with Crippen molar-refractivity contribution in [3.63, 3.8) is 0 Å². The van der Waals surface area contributed by atoms with Gasteiger partial charge in [0.2, 0.25) is 5.91 Å². The van der Waals surface area contributed by atoms with Crippen LogP contribution in [0.15, 0.2) is 95.0 Å². The van der Waals surface area contributed by atoms with Gasteiger partial charge in [-0.1, -0.05) is 84.0 Å². The molecule has 34 heavy (non-hydrogen) atoms. The molecule has 2 aliphatic rings. The fourth-order valence-corrected chi connectivity index (χ4v) is 5.13. The van der Waals surface area contributed by atoms with E-state index in [1.54, 1.807) is 0 Å². The first kappa shape index (κ1) is 22.4. The van der Waals surface area contributed by atoms with Gasteiger partial charge in [0.25, 0.3) is 5.91 Å². The number of anilines is 1. The SMILES string of the molecule is O=C(C[C@@H]1SC(N2N=C(c3ccc(Cl)cc3)C[C@@H]2c2ccccc2)=NC1=O)Nc1ccccc1. The molecular formula is C26H21ClN4O2S. The number of hydrogen-bond donors (Lipinski definition) is 1. The molecule has 2 atom stereocenters. The molecule has 0 saturated heterocycles. The Hall–Kier alpha value is -3.42. The van der Waals surface area contributed by atoms with E-state index in [2.05, 4.69) is 10.3 Å². The van der Waals surface area contributed by atoms with Crippen LogP contribution in [0, 0.1) is 0 Å². The van der Waals surface area contributed by atoms with Crippen LogP contribution in [0.2, 0.25) is 5.02 Å². The topological polar surface area (TPSA) is 74.1 Å². The van der Waals surface area contributed by atoms with E-state index in [-0.39, 0.29) is 24.3 Å². The molecular weight excluding hydrogens is 468 g/mol. The largest absolute Gasteiger partial charge is 0.326 e. The highest BCUT2D eigenvalue weighted by Crippen LogP contribution is 2.38. The summed E-state index contributed by atoms with van der Waals surface area (Å²) in [4.78, 5) is 29.5. The standard InChI is InChI=1S/C26H21ClN4O2S/c27-19-13-11-17(12-14-19)21-15-22(18-7-3-1-4-8-18)31(30-21)26-29-25(33)23(34-26)16-24(32)28-20-9-5-2-6-10-20/h1-14,22-23H,15-16H2,(H,28,32)/t22-,23+/m1/s1. The smallest absolute Gasteiger partial charge is 0.262 e. The second-order valence-electron chi connectivity index (χ2n) is 7.99. The summed E-state index contributed by atoms with van der Waals surface area (Å²) in [6.45, 7) is 0. The van der Waals surface area contributed by atoms with Crippen molar-refractivity contribution in [2.75, 3.05) is 5.32 Å². The van der Waals surface area contributed by atoms with Gasteiger partial charge in [-0.05, 0) is 35.4 Å². The number of para-hydroxylation sites is 1. The summed E-state index contributed by atoms with van der Waals surface area (Å²) >= 11 is 7.35. The number of thioether (sulfide) groups is 1. The molecule has 8 heteroatoms. The van der Waals surface area contributed by atoms with Crippen LogP contribution in [0.4, 0.5) is 5.69 Å². The molecule has 2 amide bonds. The molecule has 3 aromatic carbocycles. The molecule has 6 nitrogen and oxygen atoms in total. The molecule has 3 aromatic rings. The third-order valence-electron chi connectivity index (χ3n) is 5.63. The highest BCUT2D eigenvalue weighted by molar-refractivity contribution is 8.15. The Balaban J connectivity index is 1.35. The number of rotatable bonds is 5. The van der Waals surface area contributed by atoms with E-state index >= 15 is 0 Å². The van der Waals surface area contributed by atoms with Crippen LogP contribution < -0.4 is 5.32 Å². The molecule has 0 radical (unpaired) electrons. The molecule has 0 fully saturated rings. The van der Waals surface area contributed by atoms with Crippen molar-refractivity contribution in [2.45, 2.75) is 24.1 Å². The van der Waals surface area contributed by atoms with E-state index in [0.29, 0.717) is 22.3 Å². The number of benzene rings is 3. The lowest BCUT2D eigenvalue weighted by Crippen LogP contribution is -2.25. The Morgan fingerprint density at radius 2 is 1.68 bits per heavy atom. The molecule has 2 heterocycles. The van der Waals surface area contributed by atoms with Crippen molar-refractivity contribution in [3.05, 3.63) is 101 Å². The molecule has 2 aliphatic heterocycles. The highest BCUT2D eigenvalue weighted by Gasteiger charge is 2.39. The first-order valence-electron chi connectivity index (χ1n) is 10.9. The van der Waals surface area contributed by atoms with Crippen LogP contribution in [0.3, 0.4) is 0 Å². The van der Waals surface area contributed by atoms with Crippen molar-refractivity contribution in [1.82, 2.24) is 5.01 Å². The normalized spacial score (nSPS) is 19.7. The minimum absolute atomic E-state index is 0.0446. The predicted octanol–water partition coefficient (Wildman–Crippen LogP) is 5.52. The molecule has 0 unspecified atom stereocenters. The van der Waals surface area contributed by atoms with Crippen LogP contribution in [-0.2, 0) is 9.59 Å². The van der Waals surface area contributed by atoms with Gasteiger partial charge in [-0.2, -0.15) is 10.1 Å². The number of hydrazone groups is 1. The molecule has 0 saturated carbocycles. The zero-order chi connectivity index (χ0) is 23.5. The van der Waals surface area contributed by atoms with Crippen LogP contribution in [0.25, 0.3) is 0 Å². The Morgan fingerprint density at radius 1 is 1.00 bits per heavy atom. The molecule has 0 spiro atoms. The third-order valence-corrected chi connectivity index (χ3v) is 7.02. The van der Waals surface area contributed by atoms with Crippen LogP contribution in [0.1, 0.15) is 30.0 Å². The molecule has 0 aliphatic carbocycles. The second-order valence-corrected chi connectivity index (χ2v) is 9.59. The van der Waals surface area contributed by atoms with E-state index < -0.39 is 5.25 Å². The van der Waals surface area contributed by atoms with Gasteiger partial charge in [0.15, 0.2) is 5.17 Å². The van der Waals surface area contributed by atoms with Gasteiger partial charge in [-0.15, -0.1) is 0 Å². The monoisotopic (exact) mass is 488 g/mol. The maximum atomic E-state index is 12.7. The molecule has 170 valence electrons. The average molecular weight is 489 g/mol. The molecule has 1 N–H and O–H groups in total. The number of amidine groups is 1. The maximum Gasteiger partial charge on any atom is 0.262 e. The number of carbonyl (C=O) groups excluding carboxylic acids is 2. The van der Waals surface area contributed by atoms with Crippen molar-refractivity contribution in [1.29, 1.82) is 0 Å². The van der Waals surface area contributed by atoms with Crippen molar-refractivity contribution in [2.24, 2.45) is 10.1 Å². The second kappa shape index (κ2) is 9.83. The van der Waals surface area contributed by atoms with Gasteiger partial charge in [0.1, 0.15) is 5.25 Å². The third kappa shape index (κ3) is 4.90. The molecule has 0 bridgehead atoms. The van der Waals surface area contributed by atoms with Crippen molar-refractivity contribution in [3.8, 4) is 0 Å². The van der Waals surface area contributed by atoms with E-state index in [0.717, 1.165) is 16.8 Å². The van der Waals surface area contributed by atoms with Gasteiger partial charge >= 0.3 is 0 Å². The van der Waals surface area contributed by atoms with Crippen LogP contribution >= 0.6 is 23.4 Å². The summed E-state index contributed by atoms with van der Waals surface area (Å²) in [5.74, 6) is -0.537. The Morgan fingerprint density at radius 3 is 2.38 bits per heavy atom. The number of nitrogens with one attached hydrogen (secondary N) is 1. The zero-order valence-electron chi connectivity index (χ0n) is 18.1. The first-order chi connectivity index (χ1) is 16.6. The number of carbonyl (C=O) groups is 2. The summed E-state index contributed by atoms with van der Waals surface area (Å²) in [6.07, 6.45) is 0.710. The summed E-state index contributed by atoms with van der Waals surface area (Å²) < 4.78 is 0. The van der Waals surface area contributed by atoms with Gasteiger partial charge in [0, 0.05) is 23.6 Å². The van der Waals surface area contributed by atoms with E-state index in [9.17, 15) is 9.59 Å². The molecule has 5 rings (SSSR count). The lowest BCUT2D eigenvalue weighted by atomic mass is 9.99. The summed E-state index contributed by atoms with van der Waals surface area (Å²) in [7, 11) is 0. The summed E-state index contributed by atoms with van der Waals surface area (Å²) in [5, 5.41) is 10.1. The van der Waals surface area contributed by atoms with E-state index in [1.165, 1.54) is 11.8 Å². The minimum atomic E-state index is -0.579. The van der Waals surface area contributed by atoms with E-state index in [4.69, 9.17) is 16.7 Å². The lowest BCUT2D eigenvalue weighted by molar-refractivity contribution is -0.121. The average Bonchev–Trinajstić information content (AvgIpc) is 3.45. The zero-order valence-corrected chi connectivity index (χ0v) is 19.7. The first-order valence-corrected chi connectivity index (χ1v) is 12.1. The van der Waals surface area contributed by atoms with Crippen molar-refractivity contribution < 1.29 is 9.59 Å². The lowest BCUT2D eigenvalue weighted by Gasteiger charge is -2.23. The minimum Gasteiger partial charge on any atom is -0.326 e. The number of halogens is 1. The van der Waals surface area contributed by atoms with Gasteiger partial charge in [-0.25, -0.2) is 5.01 Å². The van der Waals surface area contributed by atoms with E-state index in [1.807, 2.05) is 89.9 Å². The summed E-state index contributed by atoms with van der Waals surface area (Å²) in [5.41, 5.74) is 3.65. The Kier molecular flexibility index (Phi) is 6.47.